The van der Waals surface area contributed by atoms with Crippen molar-refractivity contribution in [2.45, 2.75) is 117 Å². The smallest absolute Gasteiger partial charge is 0.811 e. The molecule has 35 heavy (non-hydrogen) atoms. The largest absolute Gasteiger partial charge is 3.00 e. The Morgan fingerprint density at radius 3 is 0.686 bits per heavy atom. The van der Waals surface area contributed by atoms with Crippen LogP contribution in [0.4, 0.5) is 0 Å². The van der Waals surface area contributed by atoms with Crippen molar-refractivity contribution < 1.29 is 76.6 Å². The van der Waals surface area contributed by atoms with Crippen molar-refractivity contribution in [2.24, 2.45) is 0 Å². The molecule has 0 amide bonds. The van der Waals surface area contributed by atoms with Crippen molar-refractivity contribution in [3.8, 4) is 0 Å². The standard InChI is InChI=1S/3C7H17O3P.2Co/c3*1-2-3-4-5-6-7-11(8,9)10;;/h3*2-7H2,1H3,(H2,8,9,10);;/q;;;2*+3/p-6. The van der Waals surface area contributed by atoms with E-state index < -0.39 is 22.8 Å². The van der Waals surface area contributed by atoms with E-state index in [4.69, 9.17) is 0 Å². The van der Waals surface area contributed by atoms with E-state index in [2.05, 4.69) is 20.8 Å². The van der Waals surface area contributed by atoms with E-state index in [1.54, 1.807) is 0 Å². The van der Waals surface area contributed by atoms with Crippen LogP contribution in [0.2, 0.25) is 0 Å². The minimum absolute atomic E-state index is 0. The predicted molar refractivity (Wildman–Crippen MR) is 124 cm³/mol. The van der Waals surface area contributed by atoms with Crippen LogP contribution in [-0.4, -0.2) is 18.5 Å². The van der Waals surface area contributed by atoms with Gasteiger partial charge in [-0.05, 0) is 37.7 Å². The maximum atomic E-state index is 10.1. The van der Waals surface area contributed by atoms with E-state index in [9.17, 15) is 43.1 Å². The Labute approximate surface area is 234 Å². The zero-order valence-electron chi connectivity index (χ0n) is 21.4. The summed E-state index contributed by atoms with van der Waals surface area (Å²) in [5, 5.41) is 0. The van der Waals surface area contributed by atoms with Gasteiger partial charge >= 0.3 is 33.6 Å². The second-order valence-corrected chi connectivity index (χ2v) is 13.3. The van der Waals surface area contributed by atoms with Gasteiger partial charge in [-0.15, -0.1) is 0 Å². The Bertz CT molecular complexity index is 476. The van der Waals surface area contributed by atoms with Crippen LogP contribution in [0.3, 0.4) is 0 Å². The SMILES string of the molecule is CCCCCCCP(=O)([O-])[O-].CCCCCCCP(=O)([O-])[O-].CCCCCCCP(=O)([O-])[O-].[Co+3].[Co+3]. The molecule has 0 atom stereocenters. The first-order valence-electron chi connectivity index (χ1n) is 12.2. The van der Waals surface area contributed by atoms with E-state index in [-0.39, 0.29) is 52.0 Å². The molecule has 9 nitrogen and oxygen atoms in total. The summed E-state index contributed by atoms with van der Waals surface area (Å²) in [4.78, 5) is 60.8. The molecule has 0 aromatic rings. The van der Waals surface area contributed by atoms with E-state index in [1.807, 2.05) is 0 Å². The Morgan fingerprint density at radius 1 is 0.371 bits per heavy atom. The Kier molecular flexibility index (Phi) is 39.7. The maximum Gasteiger partial charge on any atom is 3.00 e. The van der Waals surface area contributed by atoms with Crippen molar-refractivity contribution in [3.05, 3.63) is 0 Å². The van der Waals surface area contributed by atoms with Gasteiger partial charge in [0.25, 0.3) is 0 Å². The molecule has 0 bridgehead atoms. The maximum absolute atomic E-state index is 10.1. The van der Waals surface area contributed by atoms with Crippen molar-refractivity contribution in [1.82, 2.24) is 0 Å². The van der Waals surface area contributed by atoms with Gasteiger partial charge in [-0.1, -0.05) is 121 Å². The summed E-state index contributed by atoms with van der Waals surface area (Å²) in [6.07, 6.45) is 13.6. The summed E-state index contributed by atoms with van der Waals surface area (Å²) in [6.45, 7) is 6.27. The molecule has 0 saturated carbocycles. The molecule has 0 aliphatic rings. The summed E-state index contributed by atoms with van der Waals surface area (Å²) in [5.41, 5.74) is 0. The summed E-state index contributed by atoms with van der Waals surface area (Å²) in [7, 11) is -12.6. The van der Waals surface area contributed by atoms with Gasteiger partial charge in [-0.2, -0.15) is 0 Å². The monoisotopic (exact) mass is 652 g/mol. The van der Waals surface area contributed by atoms with Gasteiger partial charge < -0.3 is 43.1 Å². The van der Waals surface area contributed by atoms with Crippen molar-refractivity contribution in [3.63, 3.8) is 0 Å². The van der Waals surface area contributed by atoms with Gasteiger partial charge in [0.15, 0.2) is 0 Å². The minimum atomic E-state index is -4.21. The van der Waals surface area contributed by atoms with Gasteiger partial charge in [-0.3, -0.25) is 0 Å². The summed E-state index contributed by atoms with van der Waals surface area (Å²) in [5.74, 6) is 0. The number of hydrogen-bond donors (Lipinski definition) is 0. The fraction of sp³-hybridized carbons (Fsp3) is 1.00. The Hall–Kier alpha value is 1.46. The quantitative estimate of drug-likeness (QED) is 0.158. The molecule has 14 heteroatoms. The third-order valence-corrected chi connectivity index (χ3v) is 7.20. The van der Waals surface area contributed by atoms with Crippen LogP contribution < -0.4 is 29.4 Å². The van der Waals surface area contributed by atoms with Crippen LogP contribution in [-0.2, 0) is 47.3 Å². The van der Waals surface area contributed by atoms with Crippen LogP contribution >= 0.6 is 22.8 Å². The average molecular weight is 652 g/mol. The van der Waals surface area contributed by atoms with Crippen LogP contribution in [0, 0.1) is 0 Å². The topological polar surface area (TPSA) is 190 Å². The molecule has 216 valence electrons. The Morgan fingerprint density at radius 2 is 0.543 bits per heavy atom. The fourth-order valence-corrected chi connectivity index (χ4v) is 4.56. The number of hydrogen-bond acceptors (Lipinski definition) is 9. The summed E-state index contributed by atoms with van der Waals surface area (Å²) < 4.78 is 30.4. The second kappa shape index (κ2) is 30.0. The first-order chi connectivity index (χ1) is 15.2. The van der Waals surface area contributed by atoms with Crippen LogP contribution in [0.15, 0.2) is 0 Å². The second-order valence-electron chi connectivity index (χ2n) is 8.25. The molecule has 0 saturated heterocycles. The molecule has 0 aliphatic heterocycles. The third-order valence-electron chi connectivity index (χ3n) is 4.61. The molecule has 0 aromatic carbocycles. The van der Waals surface area contributed by atoms with Crippen LogP contribution in [0.25, 0.3) is 0 Å². The molecule has 0 unspecified atom stereocenters. The minimum Gasteiger partial charge on any atom is -0.811 e. The summed E-state index contributed by atoms with van der Waals surface area (Å²) in [6, 6.07) is 0. The zero-order valence-corrected chi connectivity index (χ0v) is 26.2. The van der Waals surface area contributed by atoms with E-state index in [0.717, 1.165) is 77.0 Å². The molecule has 0 radical (unpaired) electrons. The van der Waals surface area contributed by atoms with E-state index in [0.29, 0.717) is 19.3 Å². The molecule has 0 fully saturated rings. The first kappa shape index (κ1) is 46.3. The van der Waals surface area contributed by atoms with Gasteiger partial charge in [0.2, 0.25) is 0 Å². The van der Waals surface area contributed by atoms with E-state index >= 15 is 0 Å². The van der Waals surface area contributed by atoms with Gasteiger partial charge in [0.1, 0.15) is 0 Å². The third kappa shape index (κ3) is 61.2. The average Bonchev–Trinajstić information content (AvgIpc) is 2.66. The molecule has 0 aliphatic carbocycles. The molecule has 0 heterocycles. The Balaban J connectivity index is -0.000000125. The van der Waals surface area contributed by atoms with Crippen molar-refractivity contribution in [2.75, 3.05) is 18.5 Å². The predicted octanol–water partition coefficient (Wildman–Crippen LogP) is 2.61. The van der Waals surface area contributed by atoms with Crippen LogP contribution in [0.1, 0.15) is 117 Å². The van der Waals surface area contributed by atoms with Gasteiger partial charge in [0.05, 0.1) is 0 Å². The molecular weight excluding hydrogens is 607 g/mol. The normalized spacial score (nSPS) is 11.2. The van der Waals surface area contributed by atoms with Gasteiger partial charge in [-0.25, -0.2) is 0 Å². The molecule has 0 rings (SSSR count). The fourth-order valence-electron chi connectivity index (χ4n) is 2.73. The molecule has 0 aromatic heterocycles. The van der Waals surface area contributed by atoms with Crippen molar-refractivity contribution >= 4 is 22.8 Å². The van der Waals surface area contributed by atoms with Gasteiger partial charge in [0, 0.05) is 0 Å². The number of unbranched alkanes of at least 4 members (excludes halogenated alkanes) is 12. The zero-order chi connectivity index (χ0) is 26.2. The summed E-state index contributed by atoms with van der Waals surface area (Å²) >= 11 is 0. The van der Waals surface area contributed by atoms with Crippen molar-refractivity contribution in [1.29, 1.82) is 0 Å². The molecule has 0 N–H and O–H groups in total. The van der Waals surface area contributed by atoms with Crippen LogP contribution in [0.5, 0.6) is 0 Å². The molecular formula is C21H45Co2O9P3. The number of rotatable bonds is 18. The molecule has 0 spiro atoms. The first-order valence-corrected chi connectivity index (χ1v) is 17.4. The van der Waals surface area contributed by atoms with E-state index in [1.165, 1.54) is 0 Å².